The van der Waals surface area contributed by atoms with Crippen LogP contribution in [0, 0.1) is 6.92 Å². The van der Waals surface area contributed by atoms with Crippen LogP contribution in [0.2, 0.25) is 0 Å². The van der Waals surface area contributed by atoms with Crippen molar-refractivity contribution in [2.24, 2.45) is 0 Å². The van der Waals surface area contributed by atoms with Crippen LogP contribution in [0.3, 0.4) is 0 Å². The summed E-state index contributed by atoms with van der Waals surface area (Å²) in [5.74, 6) is -0.130. The molecule has 1 heterocycles. The molecule has 0 amide bonds. The van der Waals surface area contributed by atoms with Crippen molar-refractivity contribution in [2.45, 2.75) is 6.92 Å². The van der Waals surface area contributed by atoms with Gasteiger partial charge in [0.15, 0.2) is 0 Å². The van der Waals surface area contributed by atoms with Crippen molar-refractivity contribution in [1.82, 2.24) is 4.98 Å². The number of benzene rings is 1. The molecule has 1 aromatic heterocycles. The summed E-state index contributed by atoms with van der Waals surface area (Å²) >= 11 is 1.17. The fourth-order valence-electron chi connectivity index (χ4n) is 1.57. The molecule has 0 spiro atoms. The molecule has 2 rings (SSSR count). The van der Waals surface area contributed by atoms with Crippen molar-refractivity contribution < 1.29 is 14.6 Å². The Kier molecular flexibility index (Phi) is 3.97. The van der Waals surface area contributed by atoms with Gasteiger partial charge in [0.2, 0.25) is 0 Å². The maximum atomic E-state index is 10.9. The molecule has 0 aliphatic carbocycles. The average molecular weight is 275 g/mol. The van der Waals surface area contributed by atoms with E-state index in [0.29, 0.717) is 10.7 Å². The lowest BCUT2D eigenvalue weighted by atomic mass is 10.2. The van der Waals surface area contributed by atoms with E-state index in [1.165, 1.54) is 11.3 Å². The van der Waals surface area contributed by atoms with E-state index in [9.17, 15) is 4.79 Å². The number of carboxylic acid groups (broad SMARTS) is 1. The summed E-state index contributed by atoms with van der Waals surface area (Å²) in [4.78, 5) is 15.4. The van der Waals surface area contributed by atoms with E-state index in [4.69, 9.17) is 9.84 Å². The minimum Gasteiger partial charge on any atom is -0.497 e. The van der Waals surface area contributed by atoms with Crippen LogP contribution >= 0.6 is 11.3 Å². The number of carbonyl (C=O) groups is 1. The Morgan fingerprint density at radius 1 is 1.32 bits per heavy atom. The normalized spacial score (nSPS) is 10.8. The summed E-state index contributed by atoms with van der Waals surface area (Å²) in [5, 5.41) is 9.64. The van der Waals surface area contributed by atoms with Gasteiger partial charge in [-0.1, -0.05) is 18.2 Å². The van der Waals surface area contributed by atoms with Crippen molar-refractivity contribution in [3.05, 3.63) is 45.4 Å². The first-order valence-corrected chi connectivity index (χ1v) is 6.44. The minimum atomic E-state index is -0.931. The van der Waals surface area contributed by atoms with Crippen LogP contribution in [0.5, 0.6) is 5.75 Å². The number of hydrogen-bond acceptors (Lipinski definition) is 4. The van der Waals surface area contributed by atoms with Crippen LogP contribution < -0.4 is 4.74 Å². The molecule has 98 valence electrons. The number of carboxylic acids is 1. The number of aryl methyl sites for hydroxylation is 1. The van der Waals surface area contributed by atoms with Crippen molar-refractivity contribution in [3.8, 4) is 5.75 Å². The number of thiazole rings is 1. The molecule has 0 unspecified atom stereocenters. The zero-order valence-electron chi connectivity index (χ0n) is 10.6. The van der Waals surface area contributed by atoms with E-state index in [1.807, 2.05) is 36.4 Å². The largest absolute Gasteiger partial charge is 0.497 e. The molecule has 0 aliphatic rings. The van der Waals surface area contributed by atoms with Gasteiger partial charge < -0.3 is 9.84 Å². The molecule has 0 saturated carbocycles. The first-order valence-electron chi connectivity index (χ1n) is 5.63. The summed E-state index contributed by atoms with van der Waals surface area (Å²) in [5.41, 5.74) is 1.55. The van der Waals surface area contributed by atoms with E-state index < -0.39 is 5.97 Å². The fourth-order valence-corrected chi connectivity index (χ4v) is 2.38. The first kappa shape index (κ1) is 13.3. The quantitative estimate of drug-likeness (QED) is 0.929. The lowest BCUT2D eigenvalue weighted by Gasteiger charge is -1.98. The molecule has 0 fully saturated rings. The zero-order valence-corrected chi connectivity index (χ0v) is 11.4. The Balaban J connectivity index is 2.17. The highest BCUT2D eigenvalue weighted by Crippen LogP contribution is 2.20. The summed E-state index contributed by atoms with van der Waals surface area (Å²) < 4.78 is 5.08. The van der Waals surface area contributed by atoms with Gasteiger partial charge >= 0.3 is 5.97 Å². The van der Waals surface area contributed by atoms with Gasteiger partial charge in [-0.15, -0.1) is 11.3 Å². The number of ether oxygens (including phenoxy) is 1. The van der Waals surface area contributed by atoms with Gasteiger partial charge in [0.1, 0.15) is 15.6 Å². The predicted octanol–water partition coefficient (Wildman–Crippen LogP) is 3.33. The van der Waals surface area contributed by atoms with Gasteiger partial charge in [-0.3, -0.25) is 0 Å². The van der Waals surface area contributed by atoms with Gasteiger partial charge in [0.05, 0.1) is 12.8 Å². The second kappa shape index (κ2) is 5.67. The molecule has 19 heavy (non-hydrogen) atoms. The molecule has 0 atom stereocenters. The van der Waals surface area contributed by atoms with E-state index in [0.717, 1.165) is 11.3 Å². The summed E-state index contributed by atoms with van der Waals surface area (Å²) in [6.45, 7) is 1.70. The third-order valence-corrected chi connectivity index (χ3v) is 3.65. The standard InChI is InChI=1S/C14H13NO3S/c1-9-13(14(16)17)19-12(15-9)8-5-10-3-6-11(18-2)7-4-10/h3-8H,1-2H3,(H,16,17)/b8-5+. The molecule has 0 aliphatic heterocycles. The molecule has 0 bridgehead atoms. The van der Waals surface area contributed by atoms with Gasteiger partial charge in [-0.2, -0.15) is 0 Å². The smallest absolute Gasteiger partial charge is 0.347 e. The molecule has 0 radical (unpaired) electrons. The summed E-state index contributed by atoms with van der Waals surface area (Å²) in [7, 11) is 1.62. The van der Waals surface area contributed by atoms with Crippen LogP contribution in [0.4, 0.5) is 0 Å². The van der Waals surface area contributed by atoms with Gasteiger partial charge in [0.25, 0.3) is 0 Å². The Bertz CT molecular complexity index is 614. The zero-order chi connectivity index (χ0) is 13.8. The van der Waals surface area contributed by atoms with E-state index in [-0.39, 0.29) is 4.88 Å². The molecule has 5 heteroatoms. The monoisotopic (exact) mass is 275 g/mol. The number of methoxy groups -OCH3 is 1. The van der Waals surface area contributed by atoms with Gasteiger partial charge in [0, 0.05) is 0 Å². The lowest BCUT2D eigenvalue weighted by Crippen LogP contribution is -1.94. The first-order chi connectivity index (χ1) is 9.10. The number of aromatic nitrogens is 1. The molecular formula is C14H13NO3S. The fraction of sp³-hybridized carbons (Fsp3) is 0.143. The molecule has 4 nitrogen and oxygen atoms in total. The third kappa shape index (κ3) is 3.20. The topological polar surface area (TPSA) is 59.4 Å². The maximum Gasteiger partial charge on any atom is 0.347 e. The number of nitrogens with zero attached hydrogens (tertiary/aromatic N) is 1. The van der Waals surface area contributed by atoms with Crippen LogP contribution in [-0.4, -0.2) is 23.2 Å². The summed E-state index contributed by atoms with van der Waals surface area (Å²) in [6, 6.07) is 7.59. The molecule has 1 aromatic carbocycles. The Morgan fingerprint density at radius 2 is 2.00 bits per heavy atom. The number of hydrogen-bond donors (Lipinski definition) is 1. The number of rotatable bonds is 4. The van der Waals surface area contributed by atoms with Crippen molar-refractivity contribution in [2.75, 3.05) is 7.11 Å². The maximum absolute atomic E-state index is 10.9. The van der Waals surface area contributed by atoms with Gasteiger partial charge in [-0.25, -0.2) is 9.78 Å². The van der Waals surface area contributed by atoms with Gasteiger partial charge in [-0.05, 0) is 30.7 Å². The van der Waals surface area contributed by atoms with E-state index in [2.05, 4.69) is 4.98 Å². The van der Waals surface area contributed by atoms with E-state index in [1.54, 1.807) is 14.0 Å². The lowest BCUT2D eigenvalue weighted by molar-refractivity contribution is 0.0701. The molecular weight excluding hydrogens is 262 g/mol. The third-order valence-electron chi connectivity index (χ3n) is 2.54. The van der Waals surface area contributed by atoms with Crippen molar-refractivity contribution >= 4 is 29.5 Å². The Hall–Kier alpha value is -2.14. The second-order valence-electron chi connectivity index (χ2n) is 3.88. The van der Waals surface area contributed by atoms with E-state index >= 15 is 0 Å². The van der Waals surface area contributed by atoms with Crippen LogP contribution in [0.1, 0.15) is 25.9 Å². The highest BCUT2D eigenvalue weighted by Gasteiger charge is 2.12. The average Bonchev–Trinajstić information content (AvgIpc) is 2.78. The molecule has 2 aromatic rings. The Labute approximate surface area is 115 Å². The molecule has 0 saturated heterocycles. The highest BCUT2D eigenvalue weighted by molar-refractivity contribution is 7.14. The van der Waals surface area contributed by atoms with Crippen LogP contribution in [0.15, 0.2) is 24.3 Å². The van der Waals surface area contributed by atoms with Crippen molar-refractivity contribution in [1.29, 1.82) is 0 Å². The molecule has 1 N–H and O–H groups in total. The SMILES string of the molecule is COc1ccc(/C=C/c2nc(C)c(C(=O)O)s2)cc1. The minimum absolute atomic E-state index is 0.286. The summed E-state index contributed by atoms with van der Waals surface area (Å²) in [6.07, 6.45) is 3.70. The van der Waals surface area contributed by atoms with Crippen LogP contribution in [0.25, 0.3) is 12.2 Å². The van der Waals surface area contributed by atoms with Crippen LogP contribution in [-0.2, 0) is 0 Å². The number of aromatic carboxylic acids is 1. The second-order valence-corrected chi connectivity index (χ2v) is 4.91. The highest BCUT2D eigenvalue weighted by atomic mass is 32.1. The Morgan fingerprint density at radius 3 is 2.53 bits per heavy atom. The predicted molar refractivity (Wildman–Crippen MR) is 75.7 cm³/mol. The van der Waals surface area contributed by atoms with Crippen molar-refractivity contribution in [3.63, 3.8) is 0 Å².